The molecule has 1 saturated carbocycles. The second-order valence-electron chi connectivity index (χ2n) is 5.50. The molecule has 1 aliphatic heterocycles. The quantitative estimate of drug-likeness (QED) is 0.581. The van der Waals surface area contributed by atoms with E-state index < -0.39 is 0 Å². The summed E-state index contributed by atoms with van der Waals surface area (Å²) in [4.78, 5) is 37.1. The Bertz CT molecular complexity index is 371. The molecule has 2 aliphatic rings. The van der Waals surface area contributed by atoms with Crippen molar-refractivity contribution in [3.8, 4) is 0 Å². The molecule has 1 aliphatic carbocycles. The van der Waals surface area contributed by atoms with Crippen LogP contribution in [0.2, 0.25) is 0 Å². The maximum atomic E-state index is 12.1. The molecular formula is C13H21N3O3. The van der Waals surface area contributed by atoms with Gasteiger partial charge in [-0.05, 0) is 12.8 Å². The number of carbonyl (C=O) groups is 3. The summed E-state index contributed by atoms with van der Waals surface area (Å²) < 4.78 is 0. The van der Waals surface area contributed by atoms with Crippen LogP contribution in [-0.4, -0.2) is 48.3 Å². The van der Waals surface area contributed by atoms with Gasteiger partial charge in [0.1, 0.15) is 0 Å². The van der Waals surface area contributed by atoms with Gasteiger partial charge in [0.05, 0.1) is 11.8 Å². The first-order valence-electron chi connectivity index (χ1n) is 6.82. The number of amides is 3. The van der Waals surface area contributed by atoms with E-state index in [1.54, 1.807) is 19.1 Å². The van der Waals surface area contributed by atoms with Crippen LogP contribution in [0.1, 0.15) is 32.1 Å². The molecule has 0 aromatic rings. The number of hydrazine groups is 1. The largest absolute Gasteiger partial charge is 0.289 e. The number of likely N-dealkylation sites (tertiary alicyclic amines) is 1. The fourth-order valence-corrected chi connectivity index (χ4v) is 2.97. The summed E-state index contributed by atoms with van der Waals surface area (Å²) >= 11 is 0. The molecule has 0 spiro atoms. The van der Waals surface area contributed by atoms with Crippen LogP contribution in [-0.2, 0) is 14.4 Å². The van der Waals surface area contributed by atoms with E-state index in [1.807, 2.05) is 0 Å². The van der Waals surface area contributed by atoms with Crippen LogP contribution in [0.25, 0.3) is 0 Å². The van der Waals surface area contributed by atoms with E-state index in [0.717, 1.165) is 25.7 Å². The number of imide groups is 1. The number of nitrogens with zero attached hydrogens (tertiary/aromatic N) is 2. The molecule has 0 aromatic heterocycles. The number of rotatable bonds is 4. The number of fused-ring (bicyclic) bond motifs is 1. The molecule has 106 valence electrons. The van der Waals surface area contributed by atoms with Crippen LogP contribution in [0.3, 0.4) is 0 Å². The highest BCUT2D eigenvalue weighted by atomic mass is 16.2. The van der Waals surface area contributed by atoms with Crippen molar-refractivity contribution in [2.75, 3.05) is 20.6 Å². The number of hydrogen-bond acceptors (Lipinski definition) is 4. The molecule has 0 unspecified atom stereocenters. The van der Waals surface area contributed by atoms with E-state index in [0.29, 0.717) is 0 Å². The third-order valence-electron chi connectivity index (χ3n) is 3.84. The second kappa shape index (κ2) is 5.69. The van der Waals surface area contributed by atoms with Crippen molar-refractivity contribution in [2.24, 2.45) is 11.8 Å². The smallest absolute Gasteiger partial charge is 0.236 e. The topological polar surface area (TPSA) is 69.7 Å². The van der Waals surface area contributed by atoms with Crippen molar-refractivity contribution in [3.63, 3.8) is 0 Å². The minimum Gasteiger partial charge on any atom is -0.289 e. The molecule has 2 atom stereocenters. The average molecular weight is 267 g/mol. The normalized spacial score (nSPS) is 26.8. The van der Waals surface area contributed by atoms with E-state index in [4.69, 9.17) is 0 Å². The second-order valence-corrected chi connectivity index (χ2v) is 5.50. The fraction of sp³-hybridized carbons (Fsp3) is 0.769. The van der Waals surface area contributed by atoms with E-state index in [2.05, 4.69) is 5.43 Å². The molecule has 19 heavy (non-hydrogen) atoms. The minimum atomic E-state index is -0.180. The Kier molecular flexibility index (Phi) is 4.19. The Morgan fingerprint density at radius 1 is 1.21 bits per heavy atom. The highest BCUT2D eigenvalue weighted by Crippen LogP contribution is 2.37. The molecule has 0 radical (unpaired) electrons. The molecule has 0 bridgehead atoms. The Morgan fingerprint density at radius 2 is 1.74 bits per heavy atom. The molecular weight excluding hydrogens is 246 g/mol. The molecule has 1 N–H and O–H groups in total. The van der Waals surface area contributed by atoms with Crippen molar-refractivity contribution < 1.29 is 14.4 Å². The standard InChI is InChI=1S/C13H21N3O3/c1-15(2)14-11(17)7-8-16-12(18)9-5-3-4-6-10(9)13(16)19/h9-10H,3-8H2,1-2H3,(H,14,17)/t9-,10+. The van der Waals surface area contributed by atoms with Crippen LogP contribution in [0.4, 0.5) is 0 Å². The van der Waals surface area contributed by atoms with Crippen molar-refractivity contribution in [1.29, 1.82) is 0 Å². The molecule has 6 nitrogen and oxygen atoms in total. The molecule has 6 heteroatoms. The molecule has 0 aromatic carbocycles. The zero-order valence-electron chi connectivity index (χ0n) is 11.5. The van der Waals surface area contributed by atoms with Crippen molar-refractivity contribution >= 4 is 17.7 Å². The van der Waals surface area contributed by atoms with Gasteiger partial charge < -0.3 is 0 Å². The third kappa shape index (κ3) is 2.94. The lowest BCUT2D eigenvalue weighted by Crippen LogP contribution is -2.39. The highest BCUT2D eigenvalue weighted by Gasteiger charge is 2.47. The Morgan fingerprint density at radius 3 is 2.21 bits per heavy atom. The molecule has 3 amide bonds. The SMILES string of the molecule is CN(C)NC(=O)CCN1C(=O)[C@H]2CCCC[C@H]2C1=O. The van der Waals surface area contributed by atoms with E-state index in [1.165, 1.54) is 4.90 Å². The van der Waals surface area contributed by atoms with Gasteiger partial charge >= 0.3 is 0 Å². The van der Waals surface area contributed by atoms with E-state index in [-0.39, 0.29) is 42.5 Å². The number of nitrogens with one attached hydrogen (secondary N) is 1. The van der Waals surface area contributed by atoms with Gasteiger partial charge in [-0.1, -0.05) is 12.8 Å². The molecule has 2 rings (SSSR count). The molecule has 2 fully saturated rings. The first-order valence-corrected chi connectivity index (χ1v) is 6.82. The lowest BCUT2D eigenvalue weighted by Gasteiger charge is -2.19. The summed E-state index contributed by atoms with van der Waals surface area (Å²) in [5.41, 5.74) is 2.60. The molecule has 1 heterocycles. The van der Waals surface area contributed by atoms with Crippen molar-refractivity contribution in [1.82, 2.24) is 15.3 Å². The van der Waals surface area contributed by atoms with Crippen LogP contribution in [0, 0.1) is 11.8 Å². The predicted molar refractivity (Wildman–Crippen MR) is 68.6 cm³/mol. The van der Waals surface area contributed by atoms with Crippen LogP contribution >= 0.6 is 0 Å². The Labute approximate surface area is 113 Å². The van der Waals surface area contributed by atoms with Crippen LogP contribution in [0.15, 0.2) is 0 Å². The first kappa shape index (κ1) is 14.0. The summed E-state index contributed by atoms with van der Waals surface area (Å²) in [6.45, 7) is 0.199. The summed E-state index contributed by atoms with van der Waals surface area (Å²) in [5.74, 6) is -0.587. The van der Waals surface area contributed by atoms with E-state index in [9.17, 15) is 14.4 Å². The Hall–Kier alpha value is -1.43. The predicted octanol–water partition coefficient (Wildman–Crippen LogP) is 0.144. The number of carbonyl (C=O) groups excluding carboxylic acids is 3. The van der Waals surface area contributed by atoms with E-state index >= 15 is 0 Å². The van der Waals surface area contributed by atoms with Gasteiger partial charge in [0, 0.05) is 27.1 Å². The lowest BCUT2D eigenvalue weighted by atomic mass is 9.81. The summed E-state index contributed by atoms with van der Waals surface area (Å²) in [5, 5.41) is 1.55. The van der Waals surface area contributed by atoms with Gasteiger partial charge in [0.25, 0.3) is 0 Å². The number of hydrogen-bond donors (Lipinski definition) is 1. The van der Waals surface area contributed by atoms with Crippen LogP contribution in [0.5, 0.6) is 0 Å². The van der Waals surface area contributed by atoms with Gasteiger partial charge in [-0.2, -0.15) is 0 Å². The van der Waals surface area contributed by atoms with Gasteiger partial charge in [-0.15, -0.1) is 0 Å². The summed E-state index contributed by atoms with van der Waals surface area (Å²) in [7, 11) is 3.44. The monoisotopic (exact) mass is 267 g/mol. The minimum absolute atomic E-state index is 0.0765. The fourth-order valence-electron chi connectivity index (χ4n) is 2.97. The van der Waals surface area contributed by atoms with Crippen molar-refractivity contribution in [2.45, 2.75) is 32.1 Å². The first-order chi connectivity index (χ1) is 9.00. The maximum Gasteiger partial charge on any atom is 0.236 e. The van der Waals surface area contributed by atoms with Gasteiger partial charge in [0.15, 0.2) is 0 Å². The van der Waals surface area contributed by atoms with Crippen LogP contribution < -0.4 is 5.43 Å². The van der Waals surface area contributed by atoms with Gasteiger partial charge in [-0.25, -0.2) is 5.01 Å². The van der Waals surface area contributed by atoms with Gasteiger partial charge in [0.2, 0.25) is 17.7 Å². The molecule has 1 saturated heterocycles. The van der Waals surface area contributed by atoms with Crippen molar-refractivity contribution in [3.05, 3.63) is 0 Å². The zero-order valence-corrected chi connectivity index (χ0v) is 11.5. The van der Waals surface area contributed by atoms with Gasteiger partial charge in [-0.3, -0.25) is 24.7 Å². The highest BCUT2D eigenvalue weighted by molar-refractivity contribution is 6.05. The maximum absolute atomic E-state index is 12.1. The lowest BCUT2D eigenvalue weighted by molar-refractivity contribution is -0.140. The Balaban J connectivity index is 1.92. The third-order valence-corrected chi connectivity index (χ3v) is 3.84. The summed E-state index contributed by atoms with van der Waals surface area (Å²) in [6, 6.07) is 0. The zero-order chi connectivity index (χ0) is 14.0. The summed E-state index contributed by atoms with van der Waals surface area (Å²) in [6.07, 6.45) is 3.84. The average Bonchev–Trinajstić information content (AvgIpc) is 2.60.